The third-order valence-corrected chi connectivity index (χ3v) is 1.33. The Bertz CT molecular complexity index is 226. The van der Waals surface area contributed by atoms with E-state index in [2.05, 4.69) is 15.5 Å². The highest BCUT2D eigenvalue weighted by molar-refractivity contribution is 5.52. The molecule has 1 N–H and O–H groups in total. The normalized spacial score (nSPS) is 21.1. The van der Waals surface area contributed by atoms with Crippen LogP contribution in [0.1, 0.15) is 6.92 Å². The van der Waals surface area contributed by atoms with Crippen molar-refractivity contribution >= 4 is 5.82 Å². The van der Waals surface area contributed by atoms with Gasteiger partial charge < -0.3 is 10.1 Å². The van der Waals surface area contributed by atoms with E-state index in [1.54, 1.807) is 12.3 Å². The summed E-state index contributed by atoms with van der Waals surface area (Å²) in [6, 6.07) is 1.79. The van der Waals surface area contributed by atoms with Gasteiger partial charge in [-0.25, -0.2) is 0 Å². The molecule has 1 atom stereocenters. The van der Waals surface area contributed by atoms with Crippen LogP contribution in [-0.4, -0.2) is 16.4 Å². The van der Waals surface area contributed by atoms with Gasteiger partial charge in [0.1, 0.15) is 0 Å². The molecule has 1 aromatic rings. The third-order valence-electron chi connectivity index (χ3n) is 1.33. The summed E-state index contributed by atoms with van der Waals surface area (Å²) in [4.78, 5) is 0. The number of rotatable bonds is 0. The smallest absolute Gasteiger partial charge is 0.194 e. The van der Waals surface area contributed by atoms with Crippen LogP contribution in [0.4, 0.5) is 5.82 Å². The average Bonchev–Trinajstić information content (AvgIpc) is 2.27. The zero-order valence-electron chi connectivity index (χ0n) is 5.53. The maximum Gasteiger partial charge on any atom is 0.194 e. The van der Waals surface area contributed by atoms with Crippen LogP contribution in [0.25, 0.3) is 0 Å². The van der Waals surface area contributed by atoms with Crippen molar-refractivity contribution < 1.29 is 4.74 Å². The maximum absolute atomic E-state index is 5.29. The van der Waals surface area contributed by atoms with Gasteiger partial charge >= 0.3 is 0 Å². The summed E-state index contributed by atoms with van der Waals surface area (Å²) in [6.07, 6.45) is 1.63. The van der Waals surface area contributed by atoms with E-state index in [0.29, 0.717) is 0 Å². The lowest BCUT2D eigenvalue weighted by atomic mass is 10.5. The van der Waals surface area contributed by atoms with Gasteiger partial charge in [0.05, 0.1) is 6.20 Å². The van der Waals surface area contributed by atoms with Crippen molar-refractivity contribution in [3.63, 3.8) is 0 Å². The molecule has 1 aliphatic rings. The number of anilines is 1. The Morgan fingerprint density at radius 2 is 2.60 bits per heavy atom. The zero-order chi connectivity index (χ0) is 6.97. The number of nitrogens with one attached hydrogen (secondary N) is 1. The van der Waals surface area contributed by atoms with Gasteiger partial charge in [-0.1, -0.05) is 0 Å². The Kier molecular flexibility index (Phi) is 1.00. The van der Waals surface area contributed by atoms with E-state index >= 15 is 0 Å². The second kappa shape index (κ2) is 1.83. The molecule has 2 heterocycles. The minimum absolute atomic E-state index is 0.0201. The highest BCUT2D eigenvalue weighted by Gasteiger charge is 2.17. The minimum atomic E-state index is 0.0201. The minimum Gasteiger partial charge on any atom is -0.467 e. The zero-order valence-corrected chi connectivity index (χ0v) is 5.53. The van der Waals surface area contributed by atoms with Gasteiger partial charge in [-0.3, -0.25) is 0 Å². The van der Waals surface area contributed by atoms with Gasteiger partial charge in [0, 0.05) is 6.07 Å². The molecule has 4 nitrogen and oxygen atoms in total. The van der Waals surface area contributed by atoms with Gasteiger partial charge in [-0.2, -0.15) is 5.10 Å². The molecule has 1 aromatic heterocycles. The van der Waals surface area contributed by atoms with Gasteiger partial charge in [-0.15, -0.1) is 5.10 Å². The molecule has 0 spiro atoms. The number of aromatic nitrogens is 2. The number of fused-ring (bicyclic) bond motifs is 1. The van der Waals surface area contributed by atoms with Crippen LogP contribution in [-0.2, 0) is 0 Å². The van der Waals surface area contributed by atoms with Crippen LogP contribution < -0.4 is 10.1 Å². The molecular weight excluding hydrogens is 130 g/mol. The molecule has 2 rings (SSSR count). The molecule has 0 saturated heterocycles. The Hall–Kier alpha value is -1.32. The van der Waals surface area contributed by atoms with Crippen LogP contribution in [0.2, 0.25) is 0 Å². The average molecular weight is 137 g/mol. The lowest BCUT2D eigenvalue weighted by Crippen LogP contribution is -2.14. The first-order valence-corrected chi connectivity index (χ1v) is 3.11. The second-order valence-electron chi connectivity index (χ2n) is 2.15. The summed E-state index contributed by atoms with van der Waals surface area (Å²) in [6.45, 7) is 1.92. The van der Waals surface area contributed by atoms with E-state index in [0.717, 1.165) is 11.6 Å². The predicted molar refractivity (Wildman–Crippen MR) is 35.7 cm³/mol. The standard InChI is InChI=1S/C6H7N3O/c1-4-8-6-5(10-4)2-3-7-9-6/h2-4H,1H3,(H,8,9). The number of nitrogens with zero attached hydrogens (tertiary/aromatic N) is 2. The summed E-state index contributed by atoms with van der Waals surface area (Å²) < 4.78 is 5.29. The molecule has 1 unspecified atom stereocenters. The highest BCUT2D eigenvalue weighted by Crippen LogP contribution is 2.27. The Morgan fingerprint density at radius 1 is 1.70 bits per heavy atom. The molecule has 1 aliphatic heterocycles. The first-order chi connectivity index (χ1) is 4.86. The van der Waals surface area contributed by atoms with Crippen molar-refractivity contribution in [1.82, 2.24) is 10.2 Å². The topological polar surface area (TPSA) is 47.0 Å². The monoisotopic (exact) mass is 137 g/mol. The Balaban J connectivity index is 2.42. The lowest BCUT2D eigenvalue weighted by molar-refractivity contribution is 0.274. The summed E-state index contributed by atoms with van der Waals surface area (Å²) in [7, 11) is 0. The summed E-state index contributed by atoms with van der Waals surface area (Å²) in [5.41, 5.74) is 0. The molecule has 0 bridgehead atoms. The Morgan fingerprint density at radius 3 is 3.40 bits per heavy atom. The first kappa shape index (κ1) is 5.46. The van der Waals surface area contributed by atoms with Crippen molar-refractivity contribution in [3.8, 4) is 5.75 Å². The number of hydrogen-bond acceptors (Lipinski definition) is 4. The molecule has 52 valence electrons. The molecule has 0 fully saturated rings. The SMILES string of the molecule is CC1Nc2nnccc2O1. The van der Waals surface area contributed by atoms with E-state index in [1.807, 2.05) is 6.92 Å². The summed E-state index contributed by atoms with van der Waals surface area (Å²) >= 11 is 0. The van der Waals surface area contributed by atoms with E-state index in [9.17, 15) is 0 Å². The second-order valence-corrected chi connectivity index (χ2v) is 2.15. The van der Waals surface area contributed by atoms with Crippen LogP contribution in [0.5, 0.6) is 5.75 Å². The predicted octanol–water partition coefficient (Wildman–Crippen LogP) is 0.627. The largest absolute Gasteiger partial charge is 0.467 e. The van der Waals surface area contributed by atoms with E-state index in [1.165, 1.54) is 0 Å². The molecular formula is C6H7N3O. The fourth-order valence-corrected chi connectivity index (χ4v) is 0.928. The molecule has 4 heteroatoms. The van der Waals surface area contributed by atoms with E-state index in [-0.39, 0.29) is 6.23 Å². The molecule has 10 heavy (non-hydrogen) atoms. The van der Waals surface area contributed by atoms with Crippen molar-refractivity contribution in [3.05, 3.63) is 12.3 Å². The maximum atomic E-state index is 5.29. The highest BCUT2D eigenvalue weighted by atomic mass is 16.5. The summed E-state index contributed by atoms with van der Waals surface area (Å²) in [5, 5.41) is 10.5. The van der Waals surface area contributed by atoms with Crippen LogP contribution >= 0.6 is 0 Å². The number of hydrogen-bond donors (Lipinski definition) is 1. The fourth-order valence-electron chi connectivity index (χ4n) is 0.928. The lowest BCUT2D eigenvalue weighted by Gasteiger charge is -2.00. The van der Waals surface area contributed by atoms with Gasteiger partial charge in [0.2, 0.25) is 0 Å². The molecule has 0 radical (unpaired) electrons. The first-order valence-electron chi connectivity index (χ1n) is 3.11. The van der Waals surface area contributed by atoms with Crippen LogP contribution in [0.15, 0.2) is 12.3 Å². The molecule has 0 amide bonds. The van der Waals surface area contributed by atoms with E-state index < -0.39 is 0 Å². The van der Waals surface area contributed by atoms with Crippen molar-refractivity contribution in [2.75, 3.05) is 5.32 Å². The quantitative estimate of drug-likeness (QED) is 0.569. The molecule has 0 aliphatic carbocycles. The van der Waals surface area contributed by atoms with Crippen LogP contribution in [0, 0.1) is 0 Å². The van der Waals surface area contributed by atoms with Crippen molar-refractivity contribution in [2.24, 2.45) is 0 Å². The van der Waals surface area contributed by atoms with E-state index in [4.69, 9.17) is 4.74 Å². The molecule has 0 saturated carbocycles. The summed E-state index contributed by atoms with van der Waals surface area (Å²) in [5.74, 6) is 1.51. The third kappa shape index (κ3) is 0.689. The van der Waals surface area contributed by atoms with Gasteiger partial charge in [-0.05, 0) is 6.92 Å². The van der Waals surface area contributed by atoms with Crippen molar-refractivity contribution in [2.45, 2.75) is 13.2 Å². The Labute approximate surface area is 58.2 Å². The molecule has 0 aromatic carbocycles. The number of ether oxygens (including phenoxy) is 1. The van der Waals surface area contributed by atoms with Gasteiger partial charge in [0.25, 0.3) is 0 Å². The van der Waals surface area contributed by atoms with Crippen molar-refractivity contribution in [1.29, 1.82) is 0 Å². The van der Waals surface area contributed by atoms with Crippen LogP contribution in [0.3, 0.4) is 0 Å². The fraction of sp³-hybridized carbons (Fsp3) is 0.333. The van der Waals surface area contributed by atoms with Gasteiger partial charge in [0.15, 0.2) is 17.8 Å².